The van der Waals surface area contributed by atoms with Crippen molar-refractivity contribution in [3.63, 3.8) is 0 Å². The minimum atomic E-state index is -0.549. The minimum absolute atomic E-state index is 0.485. The Morgan fingerprint density at radius 2 is 2.31 bits per heavy atom. The van der Waals surface area contributed by atoms with E-state index in [2.05, 4.69) is 4.98 Å². The fraction of sp³-hybridized carbons (Fsp3) is 0.417. The van der Waals surface area contributed by atoms with Crippen LogP contribution >= 0.6 is 0 Å². The van der Waals surface area contributed by atoms with E-state index in [1.807, 2.05) is 25.1 Å². The number of ether oxygens (including phenoxy) is 1. The molecule has 0 bridgehead atoms. The minimum Gasteiger partial charge on any atom is -0.439 e. The first-order valence-corrected chi connectivity index (χ1v) is 5.42. The van der Waals surface area contributed by atoms with Crippen molar-refractivity contribution in [1.82, 2.24) is 4.98 Å². The van der Waals surface area contributed by atoms with Crippen molar-refractivity contribution in [3.8, 4) is 0 Å². The number of hydrogen-bond acceptors (Lipinski definition) is 4. The molecule has 1 aromatic carbocycles. The standard InChI is InChI=1S/C12H14N2O2/c1-8-2-3-9-10(6-8)16-11(14-9)12(13)4-5-15-7-12/h2-3,6H,4-5,7,13H2,1H3. The zero-order valence-corrected chi connectivity index (χ0v) is 9.19. The van der Waals surface area contributed by atoms with Crippen LogP contribution in [-0.4, -0.2) is 18.2 Å². The second kappa shape index (κ2) is 3.30. The summed E-state index contributed by atoms with van der Waals surface area (Å²) in [5, 5.41) is 0. The molecule has 1 aliphatic heterocycles. The summed E-state index contributed by atoms with van der Waals surface area (Å²) in [6.45, 7) is 3.19. The number of aromatic nitrogens is 1. The van der Waals surface area contributed by atoms with E-state index in [1.165, 1.54) is 0 Å². The molecular formula is C12H14N2O2. The van der Waals surface area contributed by atoms with Gasteiger partial charge >= 0.3 is 0 Å². The molecule has 1 saturated heterocycles. The van der Waals surface area contributed by atoms with Crippen LogP contribution in [0.4, 0.5) is 0 Å². The van der Waals surface area contributed by atoms with Gasteiger partial charge in [-0.1, -0.05) is 6.07 Å². The van der Waals surface area contributed by atoms with E-state index in [0.717, 1.165) is 23.1 Å². The van der Waals surface area contributed by atoms with Crippen molar-refractivity contribution >= 4 is 11.1 Å². The molecule has 0 spiro atoms. The van der Waals surface area contributed by atoms with Crippen molar-refractivity contribution in [2.45, 2.75) is 18.9 Å². The lowest BCUT2D eigenvalue weighted by Crippen LogP contribution is -2.37. The van der Waals surface area contributed by atoms with Crippen molar-refractivity contribution in [3.05, 3.63) is 29.7 Å². The van der Waals surface area contributed by atoms with Crippen LogP contribution in [0.5, 0.6) is 0 Å². The van der Waals surface area contributed by atoms with Gasteiger partial charge in [0.05, 0.1) is 6.61 Å². The predicted molar refractivity (Wildman–Crippen MR) is 60.0 cm³/mol. The highest BCUT2D eigenvalue weighted by Crippen LogP contribution is 2.29. The number of aryl methyl sites for hydroxylation is 1. The Hall–Kier alpha value is -1.39. The Bertz CT molecular complexity index is 527. The first kappa shape index (κ1) is 9.81. The number of rotatable bonds is 1. The Kier molecular flexibility index (Phi) is 2.02. The van der Waals surface area contributed by atoms with Crippen LogP contribution in [0.25, 0.3) is 11.1 Å². The Morgan fingerprint density at radius 1 is 1.44 bits per heavy atom. The molecule has 3 rings (SSSR count). The molecule has 84 valence electrons. The van der Waals surface area contributed by atoms with E-state index in [0.29, 0.717) is 19.1 Å². The molecule has 0 saturated carbocycles. The number of hydrogen-bond donors (Lipinski definition) is 1. The van der Waals surface area contributed by atoms with Gasteiger partial charge in [-0.25, -0.2) is 4.98 Å². The highest BCUT2D eigenvalue weighted by atomic mass is 16.5. The number of nitrogens with zero attached hydrogens (tertiary/aromatic N) is 1. The average molecular weight is 218 g/mol. The third-order valence-electron chi connectivity index (χ3n) is 3.02. The van der Waals surface area contributed by atoms with Crippen LogP contribution in [0.15, 0.2) is 22.6 Å². The monoisotopic (exact) mass is 218 g/mol. The summed E-state index contributed by atoms with van der Waals surface area (Å²) in [6.07, 6.45) is 0.763. The second-order valence-electron chi connectivity index (χ2n) is 4.45. The van der Waals surface area contributed by atoms with Gasteiger partial charge in [0, 0.05) is 6.61 Å². The molecule has 4 heteroatoms. The van der Waals surface area contributed by atoms with Gasteiger partial charge in [0.25, 0.3) is 0 Å². The quantitative estimate of drug-likeness (QED) is 0.791. The number of nitrogens with two attached hydrogens (primary N) is 1. The van der Waals surface area contributed by atoms with Gasteiger partial charge in [-0.2, -0.15) is 0 Å². The molecule has 0 amide bonds. The molecule has 1 aliphatic rings. The van der Waals surface area contributed by atoms with Gasteiger partial charge in [0.2, 0.25) is 5.89 Å². The lowest BCUT2D eigenvalue weighted by Gasteiger charge is -2.16. The lowest BCUT2D eigenvalue weighted by atomic mass is 10.0. The molecule has 1 fully saturated rings. The third kappa shape index (κ3) is 1.42. The van der Waals surface area contributed by atoms with E-state index >= 15 is 0 Å². The van der Waals surface area contributed by atoms with Crippen LogP contribution in [-0.2, 0) is 10.3 Å². The van der Waals surface area contributed by atoms with Crippen molar-refractivity contribution < 1.29 is 9.15 Å². The molecule has 2 N–H and O–H groups in total. The summed E-state index contributed by atoms with van der Waals surface area (Å²) in [6, 6.07) is 5.95. The molecule has 16 heavy (non-hydrogen) atoms. The first-order valence-electron chi connectivity index (χ1n) is 5.42. The van der Waals surface area contributed by atoms with Gasteiger partial charge in [0.1, 0.15) is 11.1 Å². The molecule has 1 unspecified atom stereocenters. The smallest absolute Gasteiger partial charge is 0.218 e. The summed E-state index contributed by atoms with van der Waals surface area (Å²) in [7, 11) is 0. The molecule has 4 nitrogen and oxygen atoms in total. The van der Waals surface area contributed by atoms with E-state index in [4.69, 9.17) is 14.9 Å². The topological polar surface area (TPSA) is 61.3 Å². The first-order chi connectivity index (χ1) is 7.67. The van der Waals surface area contributed by atoms with Crippen molar-refractivity contribution in [1.29, 1.82) is 0 Å². The second-order valence-corrected chi connectivity index (χ2v) is 4.45. The van der Waals surface area contributed by atoms with E-state index in [1.54, 1.807) is 0 Å². The van der Waals surface area contributed by atoms with Crippen LogP contribution in [0.3, 0.4) is 0 Å². The molecular weight excluding hydrogens is 204 g/mol. The molecule has 1 aromatic heterocycles. The fourth-order valence-corrected chi connectivity index (χ4v) is 1.99. The summed E-state index contributed by atoms with van der Waals surface area (Å²) in [4.78, 5) is 4.44. The third-order valence-corrected chi connectivity index (χ3v) is 3.02. The van der Waals surface area contributed by atoms with Crippen LogP contribution < -0.4 is 5.73 Å². The van der Waals surface area contributed by atoms with Gasteiger partial charge in [-0.15, -0.1) is 0 Å². The maximum absolute atomic E-state index is 6.20. The van der Waals surface area contributed by atoms with Gasteiger partial charge < -0.3 is 14.9 Å². The van der Waals surface area contributed by atoms with E-state index < -0.39 is 5.54 Å². The highest BCUT2D eigenvalue weighted by Gasteiger charge is 2.37. The predicted octanol–water partition coefficient (Wildman–Crippen LogP) is 1.71. The van der Waals surface area contributed by atoms with Crippen molar-refractivity contribution in [2.75, 3.05) is 13.2 Å². The van der Waals surface area contributed by atoms with Gasteiger partial charge in [-0.3, -0.25) is 0 Å². The molecule has 2 heterocycles. The Labute approximate surface area is 93.4 Å². The van der Waals surface area contributed by atoms with Gasteiger partial charge in [-0.05, 0) is 31.0 Å². The number of fused-ring (bicyclic) bond motifs is 1. The van der Waals surface area contributed by atoms with Gasteiger partial charge in [0.15, 0.2) is 5.58 Å². The summed E-state index contributed by atoms with van der Waals surface area (Å²) < 4.78 is 11.0. The summed E-state index contributed by atoms with van der Waals surface area (Å²) in [5.41, 5.74) is 8.47. The van der Waals surface area contributed by atoms with Crippen LogP contribution in [0.1, 0.15) is 17.9 Å². The average Bonchev–Trinajstić information content (AvgIpc) is 2.84. The maximum atomic E-state index is 6.20. The molecule has 0 aliphatic carbocycles. The summed E-state index contributed by atoms with van der Waals surface area (Å²) >= 11 is 0. The largest absolute Gasteiger partial charge is 0.439 e. The number of oxazole rings is 1. The van der Waals surface area contributed by atoms with Crippen LogP contribution in [0, 0.1) is 6.92 Å². The Balaban J connectivity index is 2.11. The zero-order valence-electron chi connectivity index (χ0n) is 9.19. The zero-order chi connectivity index (χ0) is 11.2. The van der Waals surface area contributed by atoms with Crippen LogP contribution in [0.2, 0.25) is 0 Å². The molecule has 2 aromatic rings. The maximum Gasteiger partial charge on any atom is 0.218 e. The normalized spacial score (nSPS) is 25.4. The SMILES string of the molecule is Cc1ccc2nc(C3(N)CCOC3)oc2c1. The highest BCUT2D eigenvalue weighted by molar-refractivity contribution is 5.73. The molecule has 0 radical (unpaired) electrons. The molecule has 1 atom stereocenters. The lowest BCUT2D eigenvalue weighted by molar-refractivity contribution is 0.170. The fourth-order valence-electron chi connectivity index (χ4n) is 1.99. The van der Waals surface area contributed by atoms with E-state index in [-0.39, 0.29) is 0 Å². The number of benzene rings is 1. The summed E-state index contributed by atoms with van der Waals surface area (Å²) in [5.74, 6) is 0.589. The van der Waals surface area contributed by atoms with Crippen molar-refractivity contribution in [2.24, 2.45) is 5.73 Å². The van der Waals surface area contributed by atoms with E-state index in [9.17, 15) is 0 Å². The Morgan fingerprint density at radius 3 is 3.06 bits per heavy atom.